The fraction of sp³-hybridized carbons (Fsp3) is 0.611. The Bertz CT molecular complexity index is 487. The molecule has 1 aromatic carbocycles. The monoisotopic (exact) mass is 275 g/mol. The summed E-state index contributed by atoms with van der Waals surface area (Å²) in [5.41, 5.74) is 3.02. The Balaban J connectivity index is 3.26. The zero-order chi connectivity index (χ0) is 15.7. The van der Waals surface area contributed by atoms with Crippen LogP contribution in [0.1, 0.15) is 82.8 Å². The van der Waals surface area contributed by atoms with Gasteiger partial charge in [0.05, 0.1) is 0 Å². The molecule has 1 rings (SSSR count). The van der Waals surface area contributed by atoms with Gasteiger partial charge < -0.3 is 5.32 Å². The molecule has 2 nitrogen and oxygen atoms in total. The van der Waals surface area contributed by atoms with E-state index in [1.165, 1.54) is 11.1 Å². The van der Waals surface area contributed by atoms with Crippen LogP contribution in [-0.4, -0.2) is 11.4 Å². The third-order valence-electron chi connectivity index (χ3n) is 3.24. The van der Waals surface area contributed by atoms with Crippen molar-refractivity contribution < 1.29 is 4.79 Å². The second-order valence-electron chi connectivity index (χ2n) is 7.95. The lowest BCUT2D eigenvalue weighted by Gasteiger charge is -2.24. The normalized spacial score (nSPS) is 12.7. The Kier molecular flexibility index (Phi) is 4.68. The van der Waals surface area contributed by atoms with E-state index in [9.17, 15) is 4.79 Å². The zero-order valence-corrected chi connectivity index (χ0v) is 14.2. The minimum absolute atomic E-state index is 0.00509. The van der Waals surface area contributed by atoms with Crippen molar-refractivity contribution in [2.24, 2.45) is 0 Å². The van der Waals surface area contributed by atoms with Gasteiger partial charge in [-0.3, -0.25) is 4.79 Å². The number of benzene rings is 1. The second-order valence-corrected chi connectivity index (χ2v) is 7.95. The molecule has 0 radical (unpaired) electrons. The van der Waals surface area contributed by atoms with Crippen molar-refractivity contribution in [3.8, 4) is 0 Å². The van der Waals surface area contributed by atoms with Crippen molar-refractivity contribution in [3.05, 3.63) is 34.9 Å². The summed E-state index contributed by atoms with van der Waals surface area (Å²) in [6.45, 7) is 16.9. The molecule has 0 unspecified atom stereocenters. The predicted molar refractivity (Wildman–Crippen MR) is 86.5 cm³/mol. The van der Waals surface area contributed by atoms with Gasteiger partial charge in [0.1, 0.15) is 0 Å². The number of hydrogen-bond acceptors (Lipinski definition) is 1. The number of carbonyl (C=O) groups is 1. The molecule has 0 aliphatic rings. The average molecular weight is 275 g/mol. The molecule has 0 aliphatic carbocycles. The van der Waals surface area contributed by atoms with E-state index in [-0.39, 0.29) is 16.9 Å². The van der Waals surface area contributed by atoms with E-state index in [1.54, 1.807) is 0 Å². The highest BCUT2D eigenvalue weighted by molar-refractivity contribution is 5.95. The highest BCUT2D eigenvalue weighted by atomic mass is 16.1. The van der Waals surface area contributed by atoms with Crippen LogP contribution >= 0.6 is 0 Å². The molecule has 112 valence electrons. The number of nitrogens with one attached hydrogen (secondary N) is 1. The number of hydrogen-bond donors (Lipinski definition) is 1. The number of amides is 1. The summed E-state index contributed by atoms with van der Waals surface area (Å²) >= 11 is 0. The van der Waals surface area contributed by atoms with Crippen molar-refractivity contribution in [3.63, 3.8) is 0 Å². The Morgan fingerprint density at radius 1 is 1.00 bits per heavy atom. The molecule has 20 heavy (non-hydrogen) atoms. The molecule has 1 aromatic rings. The SMILES string of the molecule is CC(C)c1cc(C(=O)NC(C)(C)C)cc(C(C)(C)C)c1. The lowest BCUT2D eigenvalue weighted by atomic mass is 9.83. The van der Waals surface area contributed by atoms with Crippen molar-refractivity contribution in [1.82, 2.24) is 5.32 Å². The molecular formula is C18H29NO. The first-order chi connectivity index (χ1) is 8.90. The third kappa shape index (κ3) is 4.66. The van der Waals surface area contributed by atoms with Gasteiger partial charge in [0.2, 0.25) is 0 Å². The van der Waals surface area contributed by atoms with Crippen LogP contribution in [0.2, 0.25) is 0 Å². The van der Waals surface area contributed by atoms with Crippen LogP contribution in [0, 0.1) is 0 Å². The Labute approximate surface area is 124 Å². The van der Waals surface area contributed by atoms with Crippen LogP contribution in [0.25, 0.3) is 0 Å². The molecule has 0 saturated carbocycles. The summed E-state index contributed by atoms with van der Waals surface area (Å²) in [4.78, 5) is 12.4. The molecule has 0 fully saturated rings. The van der Waals surface area contributed by atoms with Crippen LogP contribution in [0.5, 0.6) is 0 Å². The van der Waals surface area contributed by atoms with E-state index >= 15 is 0 Å². The standard InChI is InChI=1S/C18H29NO/c1-12(2)13-9-14(16(20)19-18(6,7)8)11-15(10-13)17(3,4)5/h9-12H,1-8H3,(H,19,20). The van der Waals surface area contributed by atoms with E-state index in [0.717, 1.165) is 5.56 Å². The summed E-state index contributed by atoms with van der Waals surface area (Å²) in [6, 6.07) is 6.26. The Hall–Kier alpha value is -1.31. The maximum absolute atomic E-state index is 12.4. The summed E-state index contributed by atoms with van der Waals surface area (Å²) < 4.78 is 0. The molecule has 2 heteroatoms. The van der Waals surface area contributed by atoms with E-state index in [1.807, 2.05) is 32.9 Å². The van der Waals surface area contributed by atoms with E-state index in [4.69, 9.17) is 0 Å². The van der Waals surface area contributed by atoms with E-state index in [2.05, 4.69) is 46.0 Å². The number of rotatable bonds is 2. The molecular weight excluding hydrogens is 246 g/mol. The van der Waals surface area contributed by atoms with Crippen molar-refractivity contribution >= 4 is 5.91 Å². The lowest BCUT2D eigenvalue weighted by molar-refractivity contribution is 0.0919. The third-order valence-corrected chi connectivity index (χ3v) is 3.24. The lowest BCUT2D eigenvalue weighted by Crippen LogP contribution is -2.40. The van der Waals surface area contributed by atoms with Gasteiger partial charge in [-0.05, 0) is 55.4 Å². The van der Waals surface area contributed by atoms with Crippen LogP contribution in [-0.2, 0) is 5.41 Å². The van der Waals surface area contributed by atoms with Crippen molar-refractivity contribution in [1.29, 1.82) is 0 Å². The minimum atomic E-state index is -0.215. The first kappa shape index (κ1) is 16.7. The van der Waals surface area contributed by atoms with Crippen LogP contribution in [0.15, 0.2) is 18.2 Å². The highest BCUT2D eigenvalue weighted by Crippen LogP contribution is 2.27. The predicted octanol–water partition coefficient (Wildman–Crippen LogP) is 4.64. The van der Waals surface area contributed by atoms with Gasteiger partial charge >= 0.3 is 0 Å². The topological polar surface area (TPSA) is 29.1 Å². The summed E-state index contributed by atoms with van der Waals surface area (Å²) in [6.07, 6.45) is 0. The number of carbonyl (C=O) groups excluding carboxylic acids is 1. The second kappa shape index (κ2) is 5.59. The minimum Gasteiger partial charge on any atom is -0.347 e. The van der Waals surface area contributed by atoms with Gasteiger partial charge in [0.25, 0.3) is 5.91 Å². The maximum Gasteiger partial charge on any atom is 0.251 e. The fourth-order valence-electron chi connectivity index (χ4n) is 1.96. The smallest absolute Gasteiger partial charge is 0.251 e. The van der Waals surface area contributed by atoms with Gasteiger partial charge in [-0.1, -0.05) is 40.7 Å². The summed E-state index contributed by atoms with van der Waals surface area (Å²) in [7, 11) is 0. The van der Waals surface area contributed by atoms with Crippen LogP contribution in [0.4, 0.5) is 0 Å². The molecule has 0 saturated heterocycles. The van der Waals surface area contributed by atoms with Gasteiger partial charge in [-0.15, -0.1) is 0 Å². The summed E-state index contributed by atoms with van der Waals surface area (Å²) in [5.74, 6) is 0.420. The van der Waals surface area contributed by atoms with Crippen LogP contribution < -0.4 is 5.32 Å². The van der Waals surface area contributed by atoms with Gasteiger partial charge in [0.15, 0.2) is 0 Å². The summed E-state index contributed by atoms with van der Waals surface area (Å²) in [5, 5.41) is 3.04. The largest absolute Gasteiger partial charge is 0.347 e. The molecule has 0 aliphatic heterocycles. The fourth-order valence-corrected chi connectivity index (χ4v) is 1.96. The first-order valence-corrected chi connectivity index (χ1v) is 7.38. The average Bonchev–Trinajstić information content (AvgIpc) is 2.24. The van der Waals surface area contributed by atoms with Gasteiger partial charge in [-0.25, -0.2) is 0 Å². The molecule has 0 spiro atoms. The van der Waals surface area contributed by atoms with Gasteiger partial charge in [0, 0.05) is 11.1 Å². The first-order valence-electron chi connectivity index (χ1n) is 7.38. The molecule has 0 aromatic heterocycles. The van der Waals surface area contributed by atoms with Crippen molar-refractivity contribution in [2.45, 2.75) is 72.3 Å². The zero-order valence-electron chi connectivity index (χ0n) is 14.2. The Morgan fingerprint density at radius 2 is 1.55 bits per heavy atom. The molecule has 0 atom stereocenters. The highest BCUT2D eigenvalue weighted by Gasteiger charge is 2.20. The quantitative estimate of drug-likeness (QED) is 0.837. The van der Waals surface area contributed by atoms with E-state index < -0.39 is 0 Å². The van der Waals surface area contributed by atoms with E-state index in [0.29, 0.717) is 5.92 Å². The molecule has 1 N–H and O–H groups in total. The molecule has 0 heterocycles. The maximum atomic E-state index is 12.4. The van der Waals surface area contributed by atoms with Crippen molar-refractivity contribution in [2.75, 3.05) is 0 Å². The Morgan fingerprint density at radius 3 is 1.95 bits per heavy atom. The van der Waals surface area contributed by atoms with Crippen LogP contribution in [0.3, 0.4) is 0 Å². The van der Waals surface area contributed by atoms with Gasteiger partial charge in [-0.2, -0.15) is 0 Å². The molecule has 1 amide bonds. The molecule has 0 bridgehead atoms.